The molecule has 1 aromatic rings. The Labute approximate surface area is 113 Å². The quantitative estimate of drug-likeness (QED) is 0.882. The van der Waals surface area contributed by atoms with Crippen LogP contribution in [-0.4, -0.2) is 45.7 Å². The van der Waals surface area contributed by atoms with Crippen molar-refractivity contribution in [1.29, 1.82) is 0 Å². The zero-order valence-electron chi connectivity index (χ0n) is 11.8. The van der Waals surface area contributed by atoms with Gasteiger partial charge in [0.2, 0.25) is 0 Å². The summed E-state index contributed by atoms with van der Waals surface area (Å²) >= 11 is 0. The van der Waals surface area contributed by atoms with Crippen LogP contribution in [0.2, 0.25) is 0 Å². The SMILES string of the molecule is Cc1nccc(NC2CN(C(=O)OC(C)(C)C)C2)n1. The molecule has 6 heteroatoms. The molecular formula is C13H20N4O2. The van der Waals surface area contributed by atoms with Crippen molar-refractivity contribution in [3.8, 4) is 0 Å². The summed E-state index contributed by atoms with van der Waals surface area (Å²) in [6, 6.07) is 2.05. The topological polar surface area (TPSA) is 67.4 Å². The predicted octanol–water partition coefficient (Wildman–Crippen LogP) is 1.82. The average molecular weight is 264 g/mol. The third kappa shape index (κ3) is 3.81. The van der Waals surface area contributed by atoms with Crippen molar-refractivity contribution >= 4 is 11.9 Å². The van der Waals surface area contributed by atoms with Crippen molar-refractivity contribution in [3.63, 3.8) is 0 Å². The van der Waals surface area contributed by atoms with Gasteiger partial charge in [-0.15, -0.1) is 0 Å². The van der Waals surface area contributed by atoms with Gasteiger partial charge in [0, 0.05) is 19.3 Å². The Morgan fingerprint density at radius 2 is 2.16 bits per heavy atom. The zero-order chi connectivity index (χ0) is 14.0. The molecule has 0 unspecified atom stereocenters. The lowest BCUT2D eigenvalue weighted by Crippen LogP contribution is -2.58. The molecule has 6 nitrogen and oxygen atoms in total. The first kappa shape index (κ1) is 13.6. The van der Waals surface area contributed by atoms with Crippen LogP contribution in [0.5, 0.6) is 0 Å². The number of ether oxygens (including phenoxy) is 1. The normalized spacial score (nSPS) is 15.9. The largest absolute Gasteiger partial charge is 0.444 e. The van der Waals surface area contributed by atoms with Crippen LogP contribution in [0.1, 0.15) is 26.6 Å². The smallest absolute Gasteiger partial charge is 0.410 e. The molecule has 1 aliphatic heterocycles. The summed E-state index contributed by atoms with van der Waals surface area (Å²) < 4.78 is 5.29. The molecule has 1 saturated heterocycles. The van der Waals surface area contributed by atoms with Gasteiger partial charge in [-0.3, -0.25) is 0 Å². The number of carbonyl (C=O) groups excluding carboxylic acids is 1. The number of nitrogens with one attached hydrogen (secondary N) is 1. The molecule has 2 rings (SSSR count). The summed E-state index contributed by atoms with van der Waals surface area (Å²) in [4.78, 5) is 21.7. The summed E-state index contributed by atoms with van der Waals surface area (Å²) in [6.07, 6.45) is 1.46. The number of anilines is 1. The Balaban J connectivity index is 1.79. The van der Waals surface area contributed by atoms with Gasteiger partial charge in [0.05, 0.1) is 6.04 Å². The molecule has 0 aliphatic carbocycles. The second-order valence-corrected chi connectivity index (χ2v) is 5.72. The Morgan fingerprint density at radius 1 is 1.47 bits per heavy atom. The van der Waals surface area contributed by atoms with Crippen LogP contribution in [0.4, 0.5) is 10.6 Å². The number of hydrogen-bond donors (Lipinski definition) is 1. The molecule has 19 heavy (non-hydrogen) atoms. The number of nitrogens with zero attached hydrogens (tertiary/aromatic N) is 3. The Kier molecular flexibility index (Phi) is 3.59. The number of rotatable bonds is 2. The highest BCUT2D eigenvalue weighted by atomic mass is 16.6. The second kappa shape index (κ2) is 5.03. The van der Waals surface area contributed by atoms with Gasteiger partial charge in [-0.05, 0) is 33.8 Å². The molecule has 2 heterocycles. The van der Waals surface area contributed by atoms with Gasteiger partial charge in [-0.25, -0.2) is 14.8 Å². The van der Waals surface area contributed by atoms with Gasteiger partial charge >= 0.3 is 6.09 Å². The third-order valence-corrected chi connectivity index (χ3v) is 2.66. The van der Waals surface area contributed by atoms with E-state index in [1.165, 1.54) is 0 Å². The molecule has 0 atom stereocenters. The number of aryl methyl sites for hydroxylation is 1. The Bertz CT molecular complexity index is 464. The second-order valence-electron chi connectivity index (χ2n) is 5.72. The van der Waals surface area contributed by atoms with Crippen LogP contribution in [0, 0.1) is 6.92 Å². The number of likely N-dealkylation sites (tertiary alicyclic amines) is 1. The van der Waals surface area contributed by atoms with Crippen LogP contribution in [0.3, 0.4) is 0 Å². The molecule has 1 N–H and O–H groups in total. The number of amides is 1. The van der Waals surface area contributed by atoms with Crippen LogP contribution < -0.4 is 5.32 Å². The highest BCUT2D eigenvalue weighted by Crippen LogP contribution is 2.17. The van der Waals surface area contributed by atoms with Gasteiger partial charge < -0.3 is 15.0 Å². The van der Waals surface area contributed by atoms with Crippen molar-refractivity contribution in [2.45, 2.75) is 39.3 Å². The van der Waals surface area contributed by atoms with Crippen molar-refractivity contribution in [3.05, 3.63) is 18.1 Å². The molecule has 0 saturated carbocycles. The fourth-order valence-corrected chi connectivity index (χ4v) is 1.79. The lowest BCUT2D eigenvalue weighted by molar-refractivity contribution is 0.0104. The fourth-order valence-electron chi connectivity index (χ4n) is 1.79. The van der Waals surface area contributed by atoms with E-state index < -0.39 is 5.60 Å². The van der Waals surface area contributed by atoms with Crippen LogP contribution in [0.15, 0.2) is 12.3 Å². The van der Waals surface area contributed by atoms with E-state index in [-0.39, 0.29) is 12.1 Å². The van der Waals surface area contributed by atoms with Crippen LogP contribution >= 0.6 is 0 Å². The summed E-state index contributed by atoms with van der Waals surface area (Å²) in [5, 5.41) is 3.27. The van der Waals surface area contributed by atoms with Gasteiger partial charge in [0.25, 0.3) is 0 Å². The van der Waals surface area contributed by atoms with E-state index in [0.717, 1.165) is 11.6 Å². The van der Waals surface area contributed by atoms with Crippen molar-refractivity contribution < 1.29 is 9.53 Å². The zero-order valence-corrected chi connectivity index (χ0v) is 11.8. The van der Waals surface area contributed by atoms with E-state index in [1.807, 2.05) is 33.8 Å². The molecule has 0 spiro atoms. The van der Waals surface area contributed by atoms with Crippen molar-refractivity contribution in [2.24, 2.45) is 0 Å². The molecule has 1 fully saturated rings. The Morgan fingerprint density at radius 3 is 2.74 bits per heavy atom. The first-order valence-electron chi connectivity index (χ1n) is 6.37. The molecule has 1 aromatic heterocycles. The van der Waals surface area contributed by atoms with Crippen molar-refractivity contribution in [2.75, 3.05) is 18.4 Å². The van der Waals surface area contributed by atoms with E-state index >= 15 is 0 Å². The van der Waals surface area contributed by atoms with E-state index in [4.69, 9.17) is 4.74 Å². The first-order valence-corrected chi connectivity index (χ1v) is 6.37. The average Bonchev–Trinajstić information content (AvgIpc) is 2.20. The third-order valence-electron chi connectivity index (χ3n) is 2.66. The van der Waals surface area contributed by atoms with Gasteiger partial charge in [0.15, 0.2) is 0 Å². The van der Waals surface area contributed by atoms with Gasteiger partial charge in [-0.1, -0.05) is 0 Å². The summed E-state index contributed by atoms with van der Waals surface area (Å²) in [5.74, 6) is 1.52. The minimum absolute atomic E-state index is 0.224. The molecule has 0 bridgehead atoms. The van der Waals surface area contributed by atoms with Crippen molar-refractivity contribution in [1.82, 2.24) is 14.9 Å². The van der Waals surface area contributed by atoms with E-state index in [0.29, 0.717) is 13.1 Å². The molecular weight excluding hydrogens is 244 g/mol. The van der Waals surface area contributed by atoms with Crippen LogP contribution in [-0.2, 0) is 4.74 Å². The fraction of sp³-hybridized carbons (Fsp3) is 0.615. The Hall–Kier alpha value is -1.85. The molecule has 1 amide bonds. The first-order chi connectivity index (χ1) is 8.83. The summed E-state index contributed by atoms with van der Waals surface area (Å²) in [7, 11) is 0. The number of carbonyl (C=O) groups is 1. The maximum atomic E-state index is 11.7. The number of hydrogen-bond acceptors (Lipinski definition) is 5. The minimum Gasteiger partial charge on any atom is -0.444 e. The summed E-state index contributed by atoms with van der Waals surface area (Å²) in [5.41, 5.74) is -0.445. The highest BCUT2D eigenvalue weighted by Gasteiger charge is 2.33. The molecule has 1 aliphatic rings. The standard InChI is InChI=1S/C13H20N4O2/c1-9-14-6-5-11(15-9)16-10-7-17(8-10)12(18)19-13(2,3)4/h5-6,10H,7-8H2,1-4H3,(H,14,15,16). The van der Waals surface area contributed by atoms with E-state index in [9.17, 15) is 4.79 Å². The number of aromatic nitrogens is 2. The molecule has 0 aromatic carbocycles. The van der Waals surface area contributed by atoms with E-state index in [1.54, 1.807) is 11.1 Å². The van der Waals surface area contributed by atoms with E-state index in [2.05, 4.69) is 15.3 Å². The lowest BCUT2D eigenvalue weighted by atomic mass is 10.1. The molecule has 0 radical (unpaired) electrons. The van der Waals surface area contributed by atoms with Gasteiger partial charge in [0.1, 0.15) is 17.2 Å². The highest BCUT2D eigenvalue weighted by molar-refractivity contribution is 5.69. The molecule has 104 valence electrons. The van der Waals surface area contributed by atoms with Crippen LogP contribution in [0.25, 0.3) is 0 Å². The maximum absolute atomic E-state index is 11.7. The van der Waals surface area contributed by atoms with Gasteiger partial charge in [-0.2, -0.15) is 0 Å². The minimum atomic E-state index is -0.445. The summed E-state index contributed by atoms with van der Waals surface area (Å²) in [6.45, 7) is 8.72. The lowest BCUT2D eigenvalue weighted by Gasteiger charge is -2.40. The monoisotopic (exact) mass is 264 g/mol. The maximum Gasteiger partial charge on any atom is 0.410 e. The predicted molar refractivity (Wildman–Crippen MR) is 72.0 cm³/mol.